The summed E-state index contributed by atoms with van der Waals surface area (Å²) in [7, 11) is 3.71. The number of nitrogens with zero attached hydrogens (tertiary/aromatic N) is 3. The molecule has 0 aliphatic rings. The number of imidazole rings is 1. The van der Waals surface area contributed by atoms with Crippen LogP contribution in [-0.2, 0) is 13.6 Å². The molecule has 2 heterocycles. The highest BCUT2D eigenvalue weighted by Crippen LogP contribution is 2.23. The predicted molar refractivity (Wildman–Crippen MR) is 122 cm³/mol. The lowest BCUT2D eigenvalue weighted by Gasteiger charge is -2.26. The summed E-state index contributed by atoms with van der Waals surface area (Å²) < 4.78 is 1.51. The van der Waals surface area contributed by atoms with Crippen molar-refractivity contribution in [3.63, 3.8) is 0 Å². The molecule has 4 rings (SSSR count). The van der Waals surface area contributed by atoms with E-state index in [1.54, 1.807) is 31.4 Å². The largest absolute Gasteiger partial charge is 0.353 e. The van der Waals surface area contributed by atoms with Crippen molar-refractivity contribution >= 4 is 22.8 Å². The first kappa shape index (κ1) is 20.4. The number of anilines is 1. The van der Waals surface area contributed by atoms with Crippen molar-refractivity contribution in [2.75, 3.05) is 11.9 Å². The quantitative estimate of drug-likeness (QED) is 0.506. The molecule has 0 aliphatic heterocycles. The van der Waals surface area contributed by atoms with E-state index in [0.717, 1.165) is 16.9 Å². The van der Waals surface area contributed by atoms with E-state index in [2.05, 4.69) is 39.2 Å². The number of pyridine rings is 1. The van der Waals surface area contributed by atoms with Crippen LogP contribution < -0.4 is 15.9 Å². The van der Waals surface area contributed by atoms with Crippen LogP contribution in [0.25, 0.3) is 11.0 Å². The van der Waals surface area contributed by atoms with E-state index < -0.39 is 0 Å². The van der Waals surface area contributed by atoms with E-state index in [-0.39, 0.29) is 17.6 Å². The molecule has 0 aliphatic carbocycles. The highest BCUT2D eigenvalue weighted by atomic mass is 16.2. The smallest absolute Gasteiger partial charge is 0.326 e. The van der Waals surface area contributed by atoms with Crippen LogP contribution >= 0.6 is 0 Å². The molecule has 2 N–H and O–H groups in total. The third-order valence-corrected chi connectivity index (χ3v) is 5.65. The van der Waals surface area contributed by atoms with Crippen LogP contribution in [0.3, 0.4) is 0 Å². The van der Waals surface area contributed by atoms with E-state index in [4.69, 9.17) is 0 Å². The number of rotatable bonds is 6. The van der Waals surface area contributed by atoms with Crippen LogP contribution in [0.5, 0.6) is 0 Å². The minimum absolute atomic E-state index is 0.193. The van der Waals surface area contributed by atoms with Gasteiger partial charge >= 0.3 is 5.69 Å². The molecule has 31 heavy (non-hydrogen) atoms. The molecule has 1 atom stereocenters. The Labute approximate surface area is 180 Å². The molecule has 0 fully saturated rings. The first-order chi connectivity index (χ1) is 14.9. The summed E-state index contributed by atoms with van der Waals surface area (Å²) in [5.41, 5.74) is 3.82. The molecule has 2 aromatic carbocycles. The minimum Gasteiger partial charge on any atom is -0.353 e. The molecule has 1 amide bonds. The van der Waals surface area contributed by atoms with Crippen LogP contribution in [0.2, 0.25) is 0 Å². The van der Waals surface area contributed by atoms with E-state index in [9.17, 15) is 9.59 Å². The molecular weight excluding hydrogens is 390 g/mol. The maximum absolute atomic E-state index is 12.5. The van der Waals surface area contributed by atoms with Gasteiger partial charge in [-0.05, 0) is 42.3 Å². The van der Waals surface area contributed by atoms with Gasteiger partial charge in [0.05, 0.1) is 17.1 Å². The lowest BCUT2D eigenvalue weighted by molar-refractivity contribution is 0.0951. The minimum atomic E-state index is -0.203. The van der Waals surface area contributed by atoms with Crippen molar-refractivity contribution in [2.45, 2.75) is 19.5 Å². The first-order valence-electron chi connectivity index (χ1n) is 10.1. The average Bonchev–Trinajstić information content (AvgIpc) is 3.10. The molecule has 0 radical (unpaired) electrons. The van der Waals surface area contributed by atoms with Crippen LogP contribution in [0, 0.1) is 0 Å². The summed E-state index contributed by atoms with van der Waals surface area (Å²) in [6.45, 7) is 2.51. The fourth-order valence-corrected chi connectivity index (χ4v) is 3.55. The fourth-order valence-electron chi connectivity index (χ4n) is 3.55. The van der Waals surface area contributed by atoms with Crippen LogP contribution in [0.15, 0.2) is 71.7 Å². The zero-order valence-corrected chi connectivity index (χ0v) is 17.8. The summed E-state index contributed by atoms with van der Waals surface area (Å²) in [6, 6.07) is 19.6. The molecule has 158 valence electrons. The van der Waals surface area contributed by atoms with Gasteiger partial charge in [0, 0.05) is 32.4 Å². The number of fused-ring (bicyclic) bond motifs is 1. The zero-order valence-electron chi connectivity index (χ0n) is 17.8. The number of carbonyl (C=O) groups excluding carboxylic acids is 1. The zero-order chi connectivity index (χ0) is 22.0. The Bertz CT molecular complexity index is 1260. The Morgan fingerprint density at radius 1 is 1.16 bits per heavy atom. The van der Waals surface area contributed by atoms with Gasteiger partial charge in [-0.15, -0.1) is 0 Å². The lowest BCUT2D eigenvalue weighted by atomic mass is 10.1. The Morgan fingerprint density at radius 2 is 1.94 bits per heavy atom. The van der Waals surface area contributed by atoms with Crippen molar-refractivity contribution in [2.24, 2.45) is 7.05 Å². The summed E-state index contributed by atoms with van der Waals surface area (Å²) in [4.78, 5) is 33.7. The summed E-state index contributed by atoms with van der Waals surface area (Å²) in [5.74, 6) is 0.662. The Kier molecular flexibility index (Phi) is 5.58. The van der Waals surface area contributed by atoms with Gasteiger partial charge in [0.25, 0.3) is 5.91 Å². The molecule has 0 saturated heterocycles. The summed E-state index contributed by atoms with van der Waals surface area (Å²) in [5, 5.41) is 2.91. The maximum atomic E-state index is 12.5. The van der Waals surface area contributed by atoms with Crippen molar-refractivity contribution < 1.29 is 4.79 Å². The van der Waals surface area contributed by atoms with Gasteiger partial charge in [0.1, 0.15) is 5.82 Å². The molecule has 0 saturated carbocycles. The Morgan fingerprint density at radius 3 is 2.65 bits per heavy atom. The second kappa shape index (κ2) is 8.47. The van der Waals surface area contributed by atoms with Gasteiger partial charge in [-0.25, -0.2) is 9.78 Å². The molecular formula is C24H25N5O2. The van der Waals surface area contributed by atoms with Crippen molar-refractivity contribution in [3.05, 3.63) is 94.0 Å². The Balaban J connectivity index is 1.40. The molecule has 1 unspecified atom stereocenters. The van der Waals surface area contributed by atoms with Gasteiger partial charge in [-0.1, -0.05) is 36.4 Å². The number of aryl methyl sites for hydroxylation is 1. The van der Waals surface area contributed by atoms with Gasteiger partial charge < -0.3 is 15.2 Å². The highest BCUT2D eigenvalue weighted by Gasteiger charge is 2.13. The van der Waals surface area contributed by atoms with Crippen molar-refractivity contribution in [1.82, 2.24) is 19.9 Å². The summed E-state index contributed by atoms with van der Waals surface area (Å²) in [6.07, 6.45) is 1.78. The standard InChI is InChI=1S/C24H25N5O2/c1-16(18-7-5-4-6-8-18)28(2)22-12-9-17(14-25-22)15-26-23(30)19-10-11-21-20(13-19)27-24(31)29(21)3/h4-14,16H,15H2,1-3H3,(H,26,30)(H,27,31). The molecule has 4 aromatic rings. The van der Waals surface area contributed by atoms with Gasteiger partial charge in [-0.2, -0.15) is 0 Å². The van der Waals surface area contributed by atoms with Crippen molar-refractivity contribution in [1.29, 1.82) is 0 Å². The maximum Gasteiger partial charge on any atom is 0.326 e. The molecule has 2 aromatic heterocycles. The number of amides is 1. The van der Waals surface area contributed by atoms with Crippen LogP contribution in [0.1, 0.15) is 34.5 Å². The average molecular weight is 415 g/mol. The molecule has 7 heteroatoms. The van der Waals surface area contributed by atoms with E-state index in [1.165, 1.54) is 10.1 Å². The number of aromatic nitrogens is 3. The fraction of sp³-hybridized carbons (Fsp3) is 0.208. The molecule has 7 nitrogen and oxygen atoms in total. The third kappa shape index (κ3) is 4.21. The Hall–Kier alpha value is -3.87. The lowest BCUT2D eigenvalue weighted by Crippen LogP contribution is -2.24. The highest BCUT2D eigenvalue weighted by molar-refractivity contribution is 5.97. The summed E-state index contributed by atoms with van der Waals surface area (Å²) >= 11 is 0. The number of nitrogens with one attached hydrogen (secondary N) is 2. The topological polar surface area (TPSA) is 83.0 Å². The first-order valence-corrected chi connectivity index (χ1v) is 10.1. The van der Waals surface area contributed by atoms with Crippen LogP contribution in [0.4, 0.5) is 5.82 Å². The number of hydrogen-bond acceptors (Lipinski definition) is 4. The SMILES string of the molecule is CC(c1ccccc1)N(C)c1ccc(CNC(=O)c2ccc3c(c2)[nH]c(=O)n3C)cn1. The number of hydrogen-bond donors (Lipinski definition) is 2. The number of benzene rings is 2. The van der Waals surface area contributed by atoms with E-state index >= 15 is 0 Å². The number of carbonyl (C=O) groups is 1. The number of aromatic amines is 1. The van der Waals surface area contributed by atoms with Crippen molar-refractivity contribution in [3.8, 4) is 0 Å². The molecule has 0 bridgehead atoms. The van der Waals surface area contributed by atoms with Gasteiger partial charge in [0.2, 0.25) is 0 Å². The monoisotopic (exact) mass is 415 g/mol. The second-order valence-electron chi connectivity index (χ2n) is 7.63. The van der Waals surface area contributed by atoms with E-state index in [1.807, 2.05) is 37.4 Å². The second-order valence-corrected chi connectivity index (χ2v) is 7.63. The van der Waals surface area contributed by atoms with Crippen LogP contribution in [-0.4, -0.2) is 27.5 Å². The third-order valence-electron chi connectivity index (χ3n) is 5.65. The predicted octanol–water partition coefficient (Wildman–Crippen LogP) is 3.39. The molecule has 0 spiro atoms. The number of H-pyrrole nitrogens is 1. The normalized spacial score (nSPS) is 12.0. The van der Waals surface area contributed by atoms with E-state index in [0.29, 0.717) is 17.6 Å². The van der Waals surface area contributed by atoms with Gasteiger partial charge in [-0.3, -0.25) is 9.36 Å². The van der Waals surface area contributed by atoms with Gasteiger partial charge in [0.15, 0.2) is 0 Å².